The molecule has 10 nitrogen and oxygen atoms in total. The van der Waals surface area contributed by atoms with Crippen molar-refractivity contribution in [1.29, 1.82) is 0 Å². The Morgan fingerprint density at radius 1 is 1.09 bits per heavy atom. The van der Waals surface area contributed by atoms with Crippen molar-refractivity contribution in [3.8, 4) is 10.4 Å². The zero-order chi connectivity index (χ0) is 32.2. The van der Waals surface area contributed by atoms with E-state index in [-0.39, 0.29) is 43.7 Å². The smallest absolute Gasteiger partial charge is 0.423 e. The average molecular weight is 621 g/mol. The molecule has 0 aliphatic carbocycles. The van der Waals surface area contributed by atoms with E-state index in [4.69, 9.17) is 0 Å². The minimum Gasteiger partial charge on any atom is -0.423 e. The lowest BCUT2D eigenvalue weighted by molar-refractivity contribution is -0.144. The summed E-state index contributed by atoms with van der Waals surface area (Å²) in [6.45, 7) is 9.30. The number of likely N-dealkylation sites (tertiary alicyclic amines) is 1. The van der Waals surface area contributed by atoms with Crippen LogP contribution in [0.15, 0.2) is 54.0 Å². The number of hydrogen-bond donors (Lipinski definition) is 5. The maximum atomic E-state index is 13.9. The Morgan fingerprint density at radius 2 is 1.77 bits per heavy atom. The molecule has 1 fully saturated rings. The first-order valence-electron chi connectivity index (χ1n) is 14.8. The number of aliphatic hydroxyl groups is 1. The molecule has 2 aromatic carbocycles. The van der Waals surface area contributed by atoms with Crippen LogP contribution in [0.1, 0.15) is 63.4 Å². The van der Waals surface area contributed by atoms with Crippen LogP contribution in [-0.2, 0) is 20.8 Å². The van der Waals surface area contributed by atoms with Crippen LogP contribution in [0.2, 0.25) is 0 Å². The topological polar surface area (TPSA) is 152 Å². The molecule has 4 atom stereocenters. The zero-order valence-electron chi connectivity index (χ0n) is 25.8. The molecule has 0 saturated carbocycles. The number of thiazole rings is 1. The molecular formula is C32H41BN4O6S. The number of aliphatic hydroxyl groups excluding tert-OH is 1. The van der Waals surface area contributed by atoms with Gasteiger partial charge >= 0.3 is 7.12 Å². The van der Waals surface area contributed by atoms with Gasteiger partial charge in [0, 0.05) is 19.4 Å². The fourth-order valence-corrected chi connectivity index (χ4v) is 6.32. The van der Waals surface area contributed by atoms with E-state index in [2.05, 4.69) is 15.6 Å². The highest BCUT2D eigenvalue weighted by Crippen LogP contribution is 2.29. The number of amides is 3. The molecule has 1 aliphatic rings. The predicted molar refractivity (Wildman–Crippen MR) is 171 cm³/mol. The predicted octanol–water partition coefficient (Wildman–Crippen LogP) is 2.10. The fourth-order valence-electron chi connectivity index (χ4n) is 5.51. The van der Waals surface area contributed by atoms with Crippen LogP contribution >= 0.6 is 11.3 Å². The number of aromatic nitrogens is 1. The normalized spacial score (nSPS) is 18.0. The SMILES string of the molecule is Cc1ncsc1-c1ccc([C@H](C)NC(=O)[C@@H]2C[C@@H](O)CN2C(=O)[C@@H](NC(=O)CCc2ccccc2B(O)O)C(C)(C)C)cc1. The summed E-state index contributed by atoms with van der Waals surface area (Å²) in [7, 11) is -1.65. The van der Waals surface area contributed by atoms with E-state index in [0.717, 1.165) is 21.7 Å². The fraction of sp³-hybridized carbons (Fsp3) is 0.438. The Balaban J connectivity index is 1.42. The van der Waals surface area contributed by atoms with E-state index >= 15 is 0 Å². The van der Waals surface area contributed by atoms with Crippen LogP contribution in [0.5, 0.6) is 0 Å². The standard InChI is InChI=1S/C32H41BN4O6S/c1-19(21-10-12-23(13-11-21)28-20(2)34-18-44-28)35-30(40)26-16-24(38)17-37(26)31(41)29(32(3,4)5)36-27(39)15-14-22-8-6-7-9-25(22)33(42)43/h6-13,18-19,24,26,29,38,42-43H,14-17H2,1-5H3,(H,35,40)(H,36,39)/t19-,24+,26-,29+/m0/s1. The number of β-amino-alcohol motifs (C(OH)–C–C–N with tert-alkyl or cyclic N) is 1. The molecule has 3 aromatic rings. The lowest BCUT2D eigenvalue weighted by Gasteiger charge is -2.35. The Morgan fingerprint density at radius 3 is 2.39 bits per heavy atom. The monoisotopic (exact) mass is 620 g/mol. The molecule has 0 radical (unpaired) electrons. The minimum absolute atomic E-state index is 0.0155. The molecule has 2 heterocycles. The van der Waals surface area contributed by atoms with Crippen LogP contribution in [0.25, 0.3) is 10.4 Å². The Kier molecular flexibility index (Phi) is 10.6. The molecule has 1 aliphatic heterocycles. The van der Waals surface area contributed by atoms with Gasteiger partial charge in [0.1, 0.15) is 12.1 Å². The van der Waals surface area contributed by atoms with E-state index in [0.29, 0.717) is 11.0 Å². The van der Waals surface area contributed by atoms with Gasteiger partial charge in [-0.2, -0.15) is 0 Å². The highest BCUT2D eigenvalue weighted by molar-refractivity contribution is 7.13. The third kappa shape index (κ3) is 7.92. The molecule has 0 bridgehead atoms. The first-order valence-corrected chi connectivity index (χ1v) is 15.7. The number of nitrogens with zero attached hydrogens (tertiary/aromatic N) is 2. The summed E-state index contributed by atoms with van der Waals surface area (Å²) in [4.78, 5) is 47.2. The summed E-state index contributed by atoms with van der Waals surface area (Å²) < 4.78 is 0. The number of hydrogen-bond acceptors (Lipinski definition) is 8. The number of aryl methyl sites for hydroxylation is 2. The minimum atomic E-state index is -1.65. The Hall–Kier alpha value is -3.58. The quantitative estimate of drug-likeness (QED) is 0.218. The van der Waals surface area contributed by atoms with Crippen molar-refractivity contribution in [2.45, 2.75) is 78.1 Å². The summed E-state index contributed by atoms with van der Waals surface area (Å²) in [5, 5.41) is 35.6. The van der Waals surface area contributed by atoms with Gasteiger partial charge in [-0.1, -0.05) is 69.3 Å². The maximum absolute atomic E-state index is 13.9. The van der Waals surface area contributed by atoms with E-state index < -0.39 is 36.6 Å². The lowest BCUT2D eigenvalue weighted by Crippen LogP contribution is -2.57. The van der Waals surface area contributed by atoms with Gasteiger partial charge in [-0.3, -0.25) is 14.4 Å². The van der Waals surface area contributed by atoms with Crippen molar-refractivity contribution in [1.82, 2.24) is 20.5 Å². The van der Waals surface area contributed by atoms with E-state index in [1.54, 1.807) is 35.6 Å². The van der Waals surface area contributed by atoms with Crippen LogP contribution < -0.4 is 16.1 Å². The molecule has 12 heteroatoms. The third-order valence-electron chi connectivity index (χ3n) is 8.01. The van der Waals surface area contributed by atoms with Crippen molar-refractivity contribution < 1.29 is 29.5 Å². The maximum Gasteiger partial charge on any atom is 0.488 e. The number of benzene rings is 2. The van der Waals surface area contributed by atoms with Crippen molar-refractivity contribution in [2.75, 3.05) is 6.54 Å². The second kappa shape index (κ2) is 14.0. The van der Waals surface area contributed by atoms with E-state index in [9.17, 15) is 29.5 Å². The van der Waals surface area contributed by atoms with Crippen LogP contribution in [0, 0.1) is 12.3 Å². The summed E-state index contributed by atoms with van der Waals surface area (Å²) in [5.74, 6) is -1.19. The van der Waals surface area contributed by atoms with Gasteiger partial charge in [-0.05, 0) is 47.8 Å². The molecule has 234 valence electrons. The van der Waals surface area contributed by atoms with E-state index in [1.807, 2.05) is 64.4 Å². The van der Waals surface area contributed by atoms with E-state index in [1.165, 1.54) is 4.90 Å². The number of carbonyl (C=O) groups is 3. The molecule has 44 heavy (non-hydrogen) atoms. The van der Waals surface area contributed by atoms with Gasteiger partial charge in [-0.25, -0.2) is 4.98 Å². The number of rotatable bonds is 10. The summed E-state index contributed by atoms with van der Waals surface area (Å²) in [5.41, 5.74) is 4.98. The largest absolute Gasteiger partial charge is 0.488 e. The second-order valence-corrected chi connectivity index (χ2v) is 13.3. The van der Waals surface area contributed by atoms with Crippen molar-refractivity contribution in [3.63, 3.8) is 0 Å². The zero-order valence-corrected chi connectivity index (χ0v) is 26.6. The van der Waals surface area contributed by atoms with Crippen LogP contribution in [0.3, 0.4) is 0 Å². The average Bonchev–Trinajstić information content (AvgIpc) is 3.59. The van der Waals surface area contributed by atoms with Crippen LogP contribution in [-0.4, -0.2) is 74.6 Å². The van der Waals surface area contributed by atoms with Gasteiger partial charge in [0.05, 0.1) is 28.2 Å². The molecule has 0 unspecified atom stereocenters. The Labute approximate surface area is 262 Å². The number of nitrogens with one attached hydrogen (secondary N) is 2. The van der Waals surface area contributed by atoms with Gasteiger partial charge in [0.25, 0.3) is 0 Å². The van der Waals surface area contributed by atoms with Gasteiger partial charge in [-0.15, -0.1) is 11.3 Å². The molecule has 1 saturated heterocycles. The molecule has 3 amide bonds. The highest BCUT2D eigenvalue weighted by atomic mass is 32.1. The number of carbonyl (C=O) groups excluding carboxylic acids is 3. The first kappa shape index (κ1) is 33.3. The molecular weight excluding hydrogens is 579 g/mol. The van der Waals surface area contributed by atoms with Crippen molar-refractivity contribution >= 4 is 41.6 Å². The Bertz CT molecular complexity index is 1470. The third-order valence-corrected chi connectivity index (χ3v) is 8.99. The second-order valence-electron chi connectivity index (χ2n) is 12.5. The summed E-state index contributed by atoms with van der Waals surface area (Å²) in [6, 6.07) is 12.5. The molecule has 0 spiro atoms. The lowest BCUT2D eigenvalue weighted by atomic mass is 9.76. The van der Waals surface area contributed by atoms with Crippen molar-refractivity contribution in [3.05, 3.63) is 70.9 Å². The van der Waals surface area contributed by atoms with Gasteiger partial charge < -0.3 is 30.7 Å². The summed E-state index contributed by atoms with van der Waals surface area (Å²) in [6.07, 6.45) is -0.501. The summed E-state index contributed by atoms with van der Waals surface area (Å²) >= 11 is 1.57. The van der Waals surface area contributed by atoms with Gasteiger partial charge in [0.2, 0.25) is 17.7 Å². The molecule has 4 rings (SSSR count). The van der Waals surface area contributed by atoms with Crippen molar-refractivity contribution in [2.24, 2.45) is 5.41 Å². The van der Waals surface area contributed by atoms with Crippen LogP contribution in [0.4, 0.5) is 0 Å². The molecule has 1 aromatic heterocycles. The first-order chi connectivity index (χ1) is 20.8. The van der Waals surface area contributed by atoms with Gasteiger partial charge in [0.15, 0.2) is 0 Å². The molecule has 5 N–H and O–H groups in total. The highest BCUT2D eigenvalue weighted by Gasteiger charge is 2.44.